The highest BCUT2D eigenvalue weighted by Crippen LogP contribution is 2.31. The van der Waals surface area contributed by atoms with E-state index in [1.807, 2.05) is 0 Å². The Morgan fingerprint density at radius 1 is 1.36 bits per heavy atom. The van der Waals surface area contributed by atoms with Crippen LogP contribution in [-0.4, -0.2) is 51.4 Å². The van der Waals surface area contributed by atoms with Gasteiger partial charge in [-0.25, -0.2) is 4.79 Å². The minimum Gasteiger partial charge on any atom is -0.506 e. The Bertz CT molecular complexity index is 770. The zero-order valence-electron chi connectivity index (χ0n) is 14.1. The summed E-state index contributed by atoms with van der Waals surface area (Å²) >= 11 is 0. The van der Waals surface area contributed by atoms with Gasteiger partial charge in [0.05, 0.1) is 24.6 Å². The Kier molecular flexibility index (Phi) is 6.00. The predicted molar refractivity (Wildman–Crippen MR) is 90.6 cm³/mol. The second kappa shape index (κ2) is 8.00. The van der Waals surface area contributed by atoms with Gasteiger partial charge in [0.25, 0.3) is 0 Å². The number of carboxylic acid groups (broad SMARTS) is 1. The van der Waals surface area contributed by atoms with Crippen LogP contribution >= 0.6 is 0 Å². The number of ether oxygens (including phenoxy) is 1. The number of nitrogens with one attached hydrogen (secondary N) is 2. The molecule has 0 aliphatic rings. The van der Waals surface area contributed by atoms with E-state index in [4.69, 9.17) is 9.84 Å². The molecule has 2 aromatic rings. The van der Waals surface area contributed by atoms with Gasteiger partial charge in [0, 0.05) is 18.0 Å². The molecule has 0 aliphatic heterocycles. The average Bonchev–Trinajstić information content (AvgIpc) is 2.99. The molecule has 2 unspecified atom stereocenters. The van der Waals surface area contributed by atoms with Gasteiger partial charge in [0.15, 0.2) is 0 Å². The summed E-state index contributed by atoms with van der Waals surface area (Å²) in [5.41, 5.74) is 1.02. The molecule has 5 N–H and O–H groups in total. The molecule has 0 amide bonds. The number of aromatic nitrogens is 1. The largest absolute Gasteiger partial charge is 0.506 e. The van der Waals surface area contributed by atoms with Crippen molar-refractivity contribution in [1.82, 2.24) is 10.3 Å². The highest BCUT2D eigenvalue weighted by atomic mass is 16.5. The fourth-order valence-corrected chi connectivity index (χ4v) is 2.59. The van der Waals surface area contributed by atoms with E-state index in [1.54, 1.807) is 19.9 Å². The van der Waals surface area contributed by atoms with Gasteiger partial charge in [-0.15, -0.1) is 0 Å². The molecule has 0 saturated heterocycles. The highest BCUT2D eigenvalue weighted by molar-refractivity contribution is 5.98. The van der Waals surface area contributed by atoms with Crippen molar-refractivity contribution in [3.63, 3.8) is 0 Å². The van der Waals surface area contributed by atoms with Crippen molar-refractivity contribution < 1.29 is 29.6 Å². The number of H-pyrrole nitrogens is 1. The van der Waals surface area contributed by atoms with Crippen molar-refractivity contribution in [2.24, 2.45) is 0 Å². The summed E-state index contributed by atoms with van der Waals surface area (Å²) in [7, 11) is 0. The lowest BCUT2D eigenvalue weighted by molar-refractivity contribution is -0.137. The molecule has 0 fully saturated rings. The quantitative estimate of drug-likeness (QED) is 0.456. The molecule has 0 saturated carbocycles. The number of esters is 1. The van der Waals surface area contributed by atoms with Crippen LogP contribution in [0.3, 0.4) is 0 Å². The van der Waals surface area contributed by atoms with Crippen molar-refractivity contribution in [3.05, 3.63) is 29.5 Å². The lowest BCUT2D eigenvalue weighted by Crippen LogP contribution is -2.32. The average molecular weight is 350 g/mol. The molecule has 0 bridgehead atoms. The van der Waals surface area contributed by atoms with Crippen LogP contribution in [0.1, 0.15) is 42.4 Å². The third-order valence-corrected chi connectivity index (χ3v) is 3.80. The van der Waals surface area contributed by atoms with Gasteiger partial charge < -0.3 is 30.4 Å². The monoisotopic (exact) mass is 350 g/mol. The van der Waals surface area contributed by atoms with Crippen molar-refractivity contribution in [3.8, 4) is 5.75 Å². The van der Waals surface area contributed by atoms with Crippen LogP contribution in [0, 0.1) is 0 Å². The van der Waals surface area contributed by atoms with Gasteiger partial charge in [-0.05, 0) is 31.5 Å². The zero-order valence-corrected chi connectivity index (χ0v) is 14.1. The first kappa shape index (κ1) is 18.8. The van der Waals surface area contributed by atoms with Gasteiger partial charge in [-0.3, -0.25) is 4.79 Å². The topological polar surface area (TPSA) is 132 Å². The van der Waals surface area contributed by atoms with Gasteiger partial charge in [-0.2, -0.15) is 0 Å². The van der Waals surface area contributed by atoms with E-state index in [0.717, 1.165) is 0 Å². The molecule has 1 aromatic heterocycles. The number of carbonyl (C=O) groups is 2. The van der Waals surface area contributed by atoms with Crippen LogP contribution in [0.25, 0.3) is 10.9 Å². The molecule has 8 nitrogen and oxygen atoms in total. The SMILES string of the molecule is CCOC(=O)c1cc2c(C(O)CNC(C)CC(=O)O)ccc(O)c2[nH]1. The number of aromatic amines is 1. The summed E-state index contributed by atoms with van der Waals surface area (Å²) in [4.78, 5) is 25.3. The molecule has 136 valence electrons. The Labute approximate surface area is 144 Å². The van der Waals surface area contributed by atoms with E-state index in [0.29, 0.717) is 16.5 Å². The van der Waals surface area contributed by atoms with Crippen molar-refractivity contribution in [2.45, 2.75) is 32.4 Å². The molecule has 25 heavy (non-hydrogen) atoms. The van der Waals surface area contributed by atoms with Crippen LogP contribution in [0.4, 0.5) is 0 Å². The van der Waals surface area contributed by atoms with E-state index in [2.05, 4.69) is 10.3 Å². The fraction of sp³-hybridized carbons (Fsp3) is 0.412. The molecule has 0 radical (unpaired) electrons. The Balaban J connectivity index is 2.23. The number of rotatable bonds is 8. The number of benzene rings is 1. The molecule has 8 heteroatoms. The summed E-state index contributed by atoms with van der Waals surface area (Å²) < 4.78 is 4.93. The number of aliphatic carboxylic acids is 1. The minimum absolute atomic E-state index is 0.0475. The Hall–Kier alpha value is -2.58. The molecule has 0 aliphatic carbocycles. The standard InChI is InChI=1S/C17H22N2O6/c1-3-25-17(24)12-7-11-10(4-5-13(20)16(11)19-12)14(21)8-18-9(2)6-15(22)23/h4-5,7,9,14,18-21H,3,6,8H2,1-2H3,(H,22,23). The van der Waals surface area contributed by atoms with Crippen LogP contribution < -0.4 is 5.32 Å². The third-order valence-electron chi connectivity index (χ3n) is 3.80. The van der Waals surface area contributed by atoms with Crippen LogP contribution in [-0.2, 0) is 9.53 Å². The van der Waals surface area contributed by atoms with E-state index in [1.165, 1.54) is 12.1 Å². The maximum atomic E-state index is 11.9. The first-order valence-corrected chi connectivity index (χ1v) is 7.98. The van der Waals surface area contributed by atoms with E-state index in [-0.39, 0.29) is 37.1 Å². The summed E-state index contributed by atoms with van der Waals surface area (Å²) in [6.07, 6.45) is -1.00. The number of fused-ring (bicyclic) bond motifs is 1. The number of hydrogen-bond acceptors (Lipinski definition) is 6. The van der Waals surface area contributed by atoms with Gasteiger partial charge in [0.1, 0.15) is 11.4 Å². The molecule has 0 spiro atoms. The minimum atomic E-state index is -0.940. The van der Waals surface area contributed by atoms with Gasteiger partial charge in [-0.1, -0.05) is 6.07 Å². The third kappa shape index (κ3) is 4.49. The normalized spacial score (nSPS) is 13.6. The van der Waals surface area contributed by atoms with Crippen molar-refractivity contribution in [2.75, 3.05) is 13.2 Å². The summed E-state index contributed by atoms with van der Waals surface area (Å²) in [6, 6.07) is 4.20. The summed E-state index contributed by atoms with van der Waals surface area (Å²) in [6.45, 7) is 3.76. The second-order valence-electron chi connectivity index (χ2n) is 5.79. The molecule has 1 aromatic carbocycles. The first-order valence-electron chi connectivity index (χ1n) is 7.98. The fourth-order valence-electron chi connectivity index (χ4n) is 2.59. The smallest absolute Gasteiger partial charge is 0.354 e. The Morgan fingerprint density at radius 3 is 2.72 bits per heavy atom. The number of aliphatic hydroxyl groups is 1. The van der Waals surface area contributed by atoms with Crippen LogP contribution in [0.5, 0.6) is 5.75 Å². The molecular formula is C17H22N2O6. The molecule has 1 heterocycles. The van der Waals surface area contributed by atoms with E-state index in [9.17, 15) is 19.8 Å². The summed E-state index contributed by atoms with van der Waals surface area (Å²) in [5.74, 6) is -1.52. The van der Waals surface area contributed by atoms with E-state index < -0.39 is 18.0 Å². The number of carbonyl (C=O) groups excluding carboxylic acids is 1. The van der Waals surface area contributed by atoms with Crippen LogP contribution in [0.15, 0.2) is 18.2 Å². The number of phenolic OH excluding ortho intramolecular Hbond substituents is 1. The van der Waals surface area contributed by atoms with E-state index >= 15 is 0 Å². The number of aromatic hydroxyl groups is 1. The lowest BCUT2D eigenvalue weighted by Gasteiger charge is -2.17. The van der Waals surface area contributed by atoms with Crippen LogP contribution in [0.2, 0.25) is 0 Å². The number of aliphatic hydroxyl groups excluding tert-OH is 1. The molecule has 2 rings (SSSR count). The molecular weight excluding hydrogens is 328 g/mol. The number of hydrogen-bond donors (Lipinski definition) is 5. The first-order chi connectivity index (χ1) is 11.8. The maximum Gasteiger partial charge on any atom is 0.354 e. The second-order valence-corrected chi connectivity index (χ2v) is 5.79. The number of phenols is 1. The van der Waals surface area contributed by atoms with Crippen molar-refractivity contribution >= 4 is 22.8 Å². The molecule has 2 atom stereocenters. The highest BCUT2D eigenvalue weighted by Gasteiger charge is 2.19. The zero-order chi connectivity index (χ0) is 18.6. The number of carboxylic acids is 1. The van der Waals surface area contributed by atoms with Crippen molar-refractivity contribution in [1.29, 1.82) is 0 Å². The summed E-state index contributed by atoms with van der Waals surface area (Å²) in [5, 5.41) is 32.6. The maximum absolute atomic E-state index is 11.9. The van der Waals surface area contributed by atoms with Gasteiger partial charge in [0.2, 0.25) is 0 Å². The predicted octanol–water partition coefficient (Wildman–Crippen LogP) is 1.54. The van der Waals surface area contributed by atoms with Gasteiger partial charge >= 0.3 is 11.9 Å². The lowest BCUT2D eigenvalue weighted by atomic mass is 10.0. The Morgan fingerprint density at radius 2 is 2.08 bits per heavy atom.